The van der Waals surface area contributed by atoms with E-state index in [0.717, 1.165) is 18.7 Å². The van der Waals surface area contributed by atoms with Crippen molar-refractivity contribution in [3.05, 3.63) is 90.0 Å². The Morgan fingerprint density at radius 1 is 1.06 bits per heavy atom. The van der Waals surface area contributed by atoms with Gasteiger partial charge in [-0.15, -0.1) is 0 Å². The van der Waals surface area contributed by atoms with Gasteiger partial charge in [0.05, 0.1) is 18.8 Å². The first kappa shape index (κ1) is 21.8. The molecule has 0 bridgehead atoms. The molecule has 1 saturated heterocycles. The number of para-hydroxylation sites is 1. The summed E-state index contributed by atoms with van der Waals surface area (Å²) in [4.78, 5) is 21.4. The van der Waals surface area contributed by atoms with E-state index in [4.69, 9.17) is 4.74 Å². The van der Waals surface area contributed by atoms with Gasteiger partial charge in [0, 0.05) is 50.7 Å². The van der Waals surface area contributed by atoms with Crippen LogP contribution >= 0.6 is 0 Å². The van der Waals surface area contributed by atoms with Crippen LogP contribution < -0.4 is 15.0 Å². The molecule has 1 amide bonds. The lowest BCUT2D eigenvalue weighted by Crippen LogP contribution is -2.50. The first-order valence-corrected chi connectivity index (χ1v) is 10.7. The Kier molecular flexibility index (Phi) is 6.97. The van der Waals surface area contributed by atoms with E-state index in [9.17, 15) is 9.18 Å². The fourth-order valence-corrected chi connectivity index (χ4v) is 4.05. The van der Waals surface area contributed by atoms with Crippen molar-refractivity contribution in [2.45, 2.75) is 6.04 Å². The van der Waals surface area contributed by atoms with Crippen molar-refractivity contribution in [2.24, 2.45) is 0 Å². The number of benzene rings is 2. The molecule has 4 rings (SSSR count). The average Bonchev–Trinajstić information content (AvgIpc) is 2.85. The van der Waals surface area contributed by atoms with Gasteiger partial charge in [-0.1, -0.05) is 18.2 Å². The lowest BCUT2D eigenvalue weighted by molar-refractivity contribution is 0.0930. The maximum absolute atomic E-state index is 14.2. The van der Waals surface area contributed by atoms with Crippen LogP contribution in [-0.4, -0.2) is 55.6 Å². The number of hydrogen-bond donors (Lipinski definition) is 1. The quantitative estimate of drug-likeness (QED) is 0.617. The number of aromatic nitrogens is 1. The monoisotopic (exact) mass is 434 g/mol. The van der Waals surface area contributed by atoms with Gasteiger partial charge < -0.3 is 15.0 Å². The van der Waals surface area contributed by atoms with Gasteiger partial charge in [-0.2, -0.15) is 0 Å². The molecule has 32 heavy (non-hydrogen) atoms. The van der Waals surface area contributed by atoms with Crippen LogP contribution in [0.15, 0.2) is 73.1 Å². The second kappa shape index (κ2) is 10.2. The minimum Gasteiger partial charge on any atom is -0.497 e. The minimum absolute atomic E-state index is 0.0198. The maximum Gasteiger partial charge on any atom is 0.251 e. The largest absolute Gasteiger partial charge is 0.497 e. The zero-order chi connectivity index (χ0) is 22.3. The van der Waals surface area contributed by atoms with E-state index in [-0.39, 0.29) is 17.8 Å². The fourth-order valence-electron chi connectivity index (χ4n) is 4.05. The number of nitrogens with one attached hydrogen (secondary N) is 1. The van der Waals surface area contributed by atoms with Gasteiger partial charge in [0.15, 0.2) is 0 Å². The predicted octanol–water partition coefficient (Wildman–Crippen LogP) is 3.52. The summed E-state index contributed by atoms with van der Waals surface area (Å²) in [6.07, 6.45) is 3.58. The minimum atomic E-state index is -0.198. The Bertz CT molecular complexity index is 1020. The van der Waals surface area contributed by atoms with Crippen LogP contribution in [0.5, 0.6) is 5.75 Å². The predicted molar refractivity (Wildman–Crippen MR) is 122 cm³/mol. The molecule has 0 spiro atoms. The molecule has 1 aliphatic heterocycles. The summed E-state index contributed by atoms with van der Waals surface area (Å²) in [6, 6.07) is 17.8. The molecule has 1 aliphatic rings. The van der Waals surface area contributed by atoms with Gasteiger partial charge in [-0.25, -0.2) is 4.39 Å². The van der Waals surface area contributed by atoms with Gasteiger partial charge in [0.2, 0.25) is 0 Å². The molecule has 0 aliphatic carbocycles. The van der Waals surface area contributed by atoms with Gasteiger partial charge in [-0.05, 0) is 48.0 Å². The highest BCUT2D eigenvalue weighted by Crippen LogP contribution is 2.25. The Hall–Kier alpha value is -3.45. The topological polar surface area (TPSA) is 57.7 Å². The van der Waals surface area contributed by atoms with Gasteiger partial charge in [0.1, 0.15) is 11.6 Å². The number of rotatable bonds is 7. The summed E-state index contributed by atoms with van der Waals surface area (Å²) in [7, 11) is 1.60. The third kappa shape index (κ3) is 5.06. The van der Waals surface area contributed by atoms with Gasteiger partial charge in [-0.3, -0.25) is 14.7 Å². The summed E-state index contributed by atoms with van der Waals surface area (Å²) in [6.45, 7) is 3.39. The first-order chi connectivity index (χ1) is 15.7. The zero-order valence-corrected chi connectivity index (χ0v) is 18.1. The molecule has 1 atom stereocenters. The van der Waals surface area contributed by atoms with Gasteiger partial charge >= 0.3 is 0 Å². The van der Waals surface area contributed by atoms with Crippen molar-refractivity contribution in [1.29, 1.82) is 0 Å². The summed E-state index contributed by atoms with van der Waals surface area (Å²) in [5.74, 6) is 0.380. The van der Waals surface area contributed by atoms with E-state index in [0.29, 0.717) is 36.6 Å². The molecule has 0 radical (unpaired) electrons. The number of methoxy groups -OCH3 is 1. The highest BCUT2D eigenvalue weighted by atomic mass is 19.1. The molecule has 3 aromatic rings. The lowest BCUT2D eigenvalue weighted by atomic mass is 10.1. The Morgan fingerprint density at radius 2 is 1.81 bits per heavy atom. The van der Waals surface area contributed by atoms with E-state index < -0.39 is 0 Å². The maximum atomic E-state index is 14.2. The standard InChI is InChI=1S/C25H27FN4O2/c1-32-21-10-8-19(9-11-21)25(31)28-18-24(20-5-4-12-27-17-20)30-15-13-29(14-16-30)23-7-3-2-6-22(23)26/h2-12,17,24H,13-16,18H2,1H3,(H,28,31). The van der Waals surface area contributed by atoms with Crippen LogP contribution in [0.25, 0.3) is 0 Å². The van der Waals surface area contributed by atoms with E-state index in [1.807, 2.05) is 30.5 Å². The second-order valence-corrected chi connectivity index (χ2v) is 7.72. The number of carbonyl (C=O) groups excluding carboxylic acids is 1. The molecule has 1 fully saturated rings. The number of anilines is 1. The van der Waals surface area contributed by atoms with E-state index >= 15 is 0 Å². The van der Waals surface area contributed by atoms with Crippen molar-refractivity contribution in [3.63, 3.8) is 0 Å². The number of ether oxygens (including phenoxy) is 1. The number of nitrogens with zero attached hydrogens (tertiary/aromatic N) is 3. The van der Waals surface area contributed by atoms with E-state index in [1.165, 1.54) is 6.07 Å². The van der Waals surface area contributed by atoms with E-state index in [1.54, 1.807) is 43.6 Å². The number of amides is 1. The van der Waals surface area contributed by atoms with Crippen LogP contribution in [-0.2, 0) is 0 Å². The smallest absolute Gasteiger partial charge is 0.251 e. The Morgan fingerprint density at radius 3 is 2.47 bits per heavy atom. The molecule has 166 valence electrons. The highest BCUT2D eigenvalue weighted by Gasteiger charge is 2.26. The summed E-state index contributed by atoms with van der Waals surface area (Å²) in [5, 5.41) is 3.06. The average molecular weight is 435 g/mol. The van der Waals surface area contributed by atoms with Crippen LogP contribution in [0.2, 0.25) is 0 Å². The molecule has 2 aromatic carbocycles. The van der Waals surface area contributed by atoms with Crippen molar-refractivity contribution >= 4 is 11.6 Å². The van der Waals surface area contributed by atoms with Crippen molar-refractivity contribution in [2.75, 3.05) is 44.7 Å². The number of piperazine rings is 1. The van der Waals surface area contributed by atoms with Crippen molar-refractivity contribution in [3.8, 4) is 5.75 Å². The number of carbonyl (C=O) groups is 1. The molecule has 0 saturated carbocycles. The third-order valence-corrected chi connectivity index (χ3v) is 5.83. The SMILES string of the molecule is COc1ccc(C(=O)NCC(c2cccnc2)N2CCN(c3ccccc3F)CC2)cc1. The molecular weight excluding hydrogens is 407 g/mol. The number of pyridine rings is 1. The number of hydrogen-bond acceptors (Lipinski definition) is 5. The second-order valence-electron chi connectivity index (χ2n) is 7.72. The van der Waals surface area contributed by atoms with Crippen LogP contribution in [0, 0.1) is 5.82 Å². The summed E-state index contributed by atoms with van der Waals surface area (Å²) in [5.41, 5.74) is 2.26. The molecule has 2 heterocycles. The van der Waals surface area contributed by atoms with Crippen LogP contribution in [0.4, 0.5) is 10.1 Å². The molecule has 1 aromatic heterocycles. The van der Waals surface area contributed by atoms with Crippen molar-refractivity contribution in [1.82, 2.24) is 15.2 Å². The number of halogens is 1. The Labute approximate surface area is 187 Å². The molecular formula is C25H27FN4O2. The normalized spacial score (nSPS) is 15.2. The summed E-state index contributed by atoms with van der Waals surface area (Å²) >= 11 is 0. The first-order valence-electron chi connectivity index (χ1n) is 10.7. The molecule has 1 N–H and O–H groups in total. The van der Waals surface area contributed by atoms with Crippen LogP contribution in [0.3, 0.4) is 0 Å². The summed E-state index contributed by atoms with van der Waals surface area (Å²) < 4.78 is 19.4. The Balaban J connectivity index is 1.43. The van der Waals surface area contributed by atoms with E-state index in [2.05, 4.69) is 20.1 Å². The third-order valence-electron chi connectivity index (χ3n) is 5.83. The fraction of sp³-hybridized carbons (Fsp3) is 0.280. The van der Waals surface area contributed by atoms with Gasteiger partial charge in [0.25, 0.3) is 5.91 Å². The van der Waals surface area contributed by atoms with Crippen molar-refractivity contribution < 1.29 is 13.9 Å². The molecule has 7 heteroatoms. The zero-order valence-electron chi connectivity index (χ0n) is 18.1. The molecule has 1 unspecified atom stereocenters. The highest BCUT2D eigenvalue weighted by molar-refractivity contribution is 5.94. The molecule has 6 nitrogen and oxygen atoms in total. The lowest BCUT2D eigenvalue weighted by Gasteiger charge is -2.40. The van der Waals surface area contributed by atoms with Crippen LogP contribution in [0.1, 0.15) is 22.0 Å².